The molecule has 0 radical (unpaired) electrons. The van der Waals surface area contributed by atoms with Crippen molar-refractivity contribution in [2.24, 2.45) is 5.18 Å². The van der Waals surface area contributed by atoms with Gasteiger partial charge in [-0.2, -0.15) is 4.31 Å². The first-order chi connectivity index (χ1) is 17.0. The van der Waals surface area contributed by atoms with Gasteiger partial charge in [-0.15, -0.1) is 4.91 Å². The number of nitroso groups, excluding NO2 is 1. The van der Waals surface area contributed by atoms with Crippen LogP contribution in [0.3, 0.4) is 0 Å². The first-order valence-corrected chi connectivity index (χ1v) is 13.5. The molecule has 4 aromatic rings. The number of hydrogen-bond acceptors (Lipinski definition) is 7. The van der Waals surface area contributed by atoms with Crippen LogP contribution in [0.15, 0.2) is 105 Å². The van der Waals surface area contributed by atoms with E-state index in [0.717, 1.165) is 21.4 Å². The molecule has 0 atom stereocenters. The highest BCUT2D eigenvalue weighted by molar-refractivity contribution is 7.99. The summed E-state index contributed by atoms with van der Waals surface area (Å²) in [6.07, 6.45) is 0. The van der Waals surface area contributed by atoms with Crippen LogP contribution >= 0.6 is 11.8 Å². The number of anilines is 2. The van der Waals surface area contributed by atoms with Gasteiger partial charge in [-0.3, -0.25) is 0 Å². The molecule has 1 aliphatic heterocycles. The highest BCUT2D eigenvalue weighted by Crippen LogP contribution is 2.43. The van der Waals surface area contributed by atoms with E-state index in [0.29, 0.717) is 31.1 Å². The number of para-hydroxylation sites is 1. The molecule has 35 heavy (non-hydrogen) atoms. The summed E-state index contributed by atoms with van der Waals surface area (Å²) in [6, 6.07) is 26.9. The van der Waals surface area contributed by atoms with E-state index >= 15 is 0 Å². The van der Waals surface area contributed by atoms with Gasteiger partial charge in [-0.05, 0) is 46.3 Å². The molecule has 0 bridgehead atoms. The Balaban J connectivity index is 1.41. The van der Waals surface area contributed by atoms with E-state index in [9.17, 15) is 13.3 Å². The van der Waals surface area contributed by atoms with Crippen LogP contribution in [0, 0.1) is 4.91 Å². The van der Waals surface area contributed by atoms with Crippen molar-refractivity contribution in [1.82, 2.24) is 4.31 Å². The molecular weight excluding hydrogens is 480 g/mol. The lowest BCUT2D eigenvalue weighted by molar-refractivity contribution is 0.385. The second-order valence-corrected chi connectivity index (χ2v) is 11.2. The maximum absolute atomic E-state index is 13.5. The highest BCUT2D eigenvalue weighted by Gasteiger charge is 2.32. The van der Waals surface area contributed by atoms with Crippen LogP contribution in [0.1, 0.15) is 0 Å². The Hall–Kier alpha value is -3.40. The van der Waals surface area contributed by atoms with Gasteiger partial charge in [0.2, 0.25) is 10.0 Å². The molecule has 0 amide bonds. The molecule has 1 fully saturated rings. The highest BCUT2D eigenvalue weighted by atomic mass is 32.2. The number of nitrogens with two attached hydrogens (primary N) is 1. The first kappa shape index (κ1) is 23.3. The monoisotopic (exact) mass is 504 g/mol. The lowest BCUT2D eigenvalue weighted by atomic mass is 10.1. The molecule has 0 saturated carbocycles. The van der Waals surface area contributed by atoms with Gasteiger partial charge in [0.05, 0.1) is 5.69 Å². The van der Waals surface area contributed by atoms with Crippen LogP contribution in [-0.2, 0) is 10.0 Å². The Bertz CT molecular complexity index is 1480. The predicted octanol–water partition coefficient (Wildman–Crippen LogP) is 5.48. The van der Waals surface area contributed by atoms with Crippen LogP contribution in [0.5, 0.6) is 0 Å². The number of sulfonamides is 1. The van der Waals surface area contributed by atoms with E-state index in [2.05, 4.69) is 10.1 Å². The second kappa shape index (κ2) is 9.69. The van der Waals surface area contributed by atoms with Gasteiger partial charge in [0.15, 0.2) is 5.69 Å². The molecule has 0 spiro atoms. The summed E-state index contributed by atoms with van der Waals surface area (Å²) in [5.41, 5.74) is 7.20. The fraction of sp³-hybridized carbons (Fsp3) is 0.154. The van der Waals surface area contributed by atoms with Crippen LogP contribution < -0.4 is 10.6 Å². The molecule has 1 saturated heterocycles. The van der Waals surface area contributed by atoms with Gasteiger partial charge in [-0.25, -0.2) is 8.42 Å². The molecule has 1 aliphatic rings. The Labute approximate surface area is 208 Å². The second-order valence-electron chi connectivity index (χ2n) is 8.22. The number of piperazine rings is 1. The fourth-order valence-electron chi connectivity index (χ4n) is 4.33. The van der Waals surface area contributed by atoms with Crippen LogP contribution in [0.25, 0.3) is 10.8 Å². The quantitative estimate of drug-likeness (QED) is 0.276. The molecular formula is C26H24N4O3S2. The number of hydrogen-bond donors (Lipinski definition) is 1. The van der Waals surface area contributed by atoms with Gasteiger partial charge in [-0.1, -0.05) is 66.4 Å². The van der Waals surface area contributed by atoms with Crippen molar-refractivity contribution in [1.29, 1.82) is 0 Å². The number of nitrogen functional groups attached to an aromatic ring is 1. The minimum Gasteiger partial charge on any atom is -0.396 e. The number of benzene rings is 4. The van der Waals surface area contributed by atoms with E-state index in [-0.39, 0.29) is 16.3 Å². The van der Waals surface area contributed by atoms with Crippen molar-refractivity contribution >= 4 is 49.6 Å². The maximum atomic E-state index is 13.5. The lowest BCUT2D eigenvalue weighted by Crippen LogP contribution is -2.48. The maximum Gasteiger partial charge on any atom is 0.245 e. The van der Waals surface area contributed by atoms with Gasteiger partial charge in [0, 0.05) is 41.7 Å². The molecule has 7 nitrogen and oxygen atoms in total. The average molecular weight is 505 g/mol. The fourth-order valence-corrected chi connectivity index (χ4v) is 6.90. The number of rotatable bonds is 6. The number of nitrogens with zero attached hydrogens (tertiary/aromatic N) is 3. The molecule has 1 heterocycles. The van der Waals surface area contributed by atoms with E-state index in [1.54, 1.807) is 6.07 Å². The largest absolute Gasteiger partial charge is 0.396 e. The van der Waals surface area contributed by atoms with Crippen molar-refractivity contribution in [2.45, 2.75) is 14.7 Å². The first-order valence-electron chi connectivity index (χ1n) is 11.2. The van der Waals surface area contributed by atoms with Crippen molar-refractivity contribution in [3.63, 3.8) is 0 Å². The smallest absolute Gasteiger partial charge is 0.245 e. The SMILES string of the molecule is Nc1c(Sc2cccc3ccccc23)ccc(S(=O)(=O)N2CCN(c3ccccc3)CC2)c1N=O. The number of fused-ring (bicyclic) bond motifs is 1. The minimum atomic E-state index is -3.93. The molecule has 0 aromatic heterocycles. The third kappa shape index (κ3) is 4.50. The topological polar surface area (TPSA) is 96.1 Å². The zero-order chi connectivity index (χ0) is 24.4. The Kier molecular flexibility index (Phi) is 6.46. The van der Waals surface area contributed by atoms with Crippen molar-refractivity contribution < 1.29 is 8.42 Å². The van der Waals surface area contributed by atoms with Crippen molar-refractivity contribution in [3.05, 3.63) is 89.8 Å². The molecule has 4 aromatic carbocycles. The van der Waals surface area contributed by atoms with Crippen LogP contribution in [0.2, 0.25) is 0 Å². The zero-order valence-corrected chi connectivity index (χ0v) is 20.5. The van der Waals surface area contributed by atoms with Gasteiger partial charge < -0.3 is 10.6 Å². The summed E-state index contributed by atoms with van der Waals surface area (Å²) in [7, 11) is -3.93. The van der Waals surface area contributed by atoms with E-state index in [1.807, 2.05) is 72.8 Å². The Morgan fingerprint density at radius 3 is 2.20 bits per heavy atom. The van der Waals surface area contributed by atoms with Gasteiger partial charge >= 0.3 is 0 Å². The average Bonchev–Trinajstić information content (AvgIpc) is 2.90. The van der Waals surface area contributed by atoms with E-state index < -0.39 is 10.0 Å². The van der Waals surface area contributed by atoms with Crippen molar-refractivity contribution in [3.8, 4) is 0 Å². The molecule has 0 aliphatic carbocycles. The molecule has 9 heteroatoms. The summed E-state index contributed by atoms with van der Waals surface area (Å²) in [5, 5.41) is 5.18. The zero-order valence-electron chi connectivity index (χ0n) is 18.9. The summed E-state index contributed by atoms with van der Waals surface area (Å²) < 4.78 is 28.3. The third-order valence-corrected chi connectivity index (χ3v) is 9.26. The third-order valence-electron chi connectivity index (χ3n) is 6.18. The minimum absolute atomic E-state index is 0.0712. The van der Waals surface area contributed by atoms with E-state index in [4.69, 9.17) is 5.73 Å². The van der Waals surface area contributed by atoms with Crippen molar-refractivity contribution in [2.75, 3.05) is 36.8 Å². The summed E-state index contributed by atoms with van der Waals surface area (Å²) in [4.78, 5) is 15.3. The summed E-state index contributed by atoms with van der Waals surface area (Å²) >= 11 is 1.39. The van der Waals surface area contributed by atoms with Gasteiger partial charge in [0.1, 0.15) is 4.90 Å². The Morgan fingerprint density at radius 1 is 0.771 bits per heavy atom. The molecule has 2 N–H and O–H groups in total. The standard InChI is InChI=1S/C26H24N4O3S2/c27-25-23(34-22-12-6-8-19-7-4-5-11-21(19)22)13-14-24(26(25)28-31)35(32,33)30-17-15-29(16-18-30)20-9-2-1-3-10-20/h1-14H,15-18,27H2. The predicted molar refractivity (Wildman–Crippen MR) is 142 cm³/mol. The Morgan fingerprint density at radius 2 is 1.46 bits per heavy atom. The molecule has 5 rings (SSSR count). The molecule has 178 valence electrons. The van der Waals surface area contributed by atoms with E-state index in [1.165, 1.54) is 22.1 Å². The lowest BCUT2D eigenvalue weighted by Gasteiger charge is -2.35. The normalized spacial score (nSPS) is 14.8. The summed E-state index contributed by atoms with van der Waals surface area (Å²) in [5.74, 6) is 0. The molecule has 0 unspecified atom stereocenters. The summed E-state index contributed by atoms with van der Waals surface area (Å²) in [6.45, 7) is 1.72. The van der Waals surface area contributed by atoms with Crippen LogP contribution in [-0.4, -0.2) is 38.9 Å². The van der Waals surface area contributed by atoms with Gasteiger partial charge in [0.25, 0.3) is 0 Å². The van der Waals surface area contributed by atoms with Crippen LogP contribution in [0.4, 0.5) is 17.1 Å².